The smallest absolute Gasteiger partial charge is 0.323 e. The Hall–Kier alpha value is -2.91. The molecule has 1 aromatic heterocycles. The second-order valence-electron chi connectivity index (χ2n) is 12.1. The highest BCUT2D eigenvalue weighted by Gasteiger charge is 2.33. The Bertz CT molecular complexity index is 1360. The number of nitrogens with zero attached hydrogens (tertiary/aromatic N) is 3. The number of ether oxygens (including phenoxy) is 1. The zero-order valence-corrected chi connectivity index (χ0v) is 26.5. The summed E-state index contributed by atoms with van der Waals surface area (Å²) >= 11 is 12.6. The van der Waals surface area contributed by atoms with Gasteiger partial charge in [-0.25, -0.2) is 9.97 Å². The molecule has 0 spiro atoms. The van der Waals surface area contributed by atoms with E-state index < -0.39 is 0 Å². The summed E-state index contributed by atoms with van der Waals surface area (Å²) in [4.78, 5) is 24.6. The monoisotopic (exact) mass is 624 g/mol. The predicted molar refractivity (Wildman–Crippen MR) is 174 cm³/mol. The summed E-state index contributed by atoms with van der Waals surface area (Å²) in [7, 11) is 0. The van der Waals surface area contributed by atoms with Gasteiger partial charge in [0, 0.05) is 46.8 Å². The molecule has 2 aromatic carbocycles. The quantitative estimate of drug-likeness (QED) is 0.202. The molecule has 1 saturated heterocycles. The third-order valence-electron chi connectivity index (χ3n) is 8.29. The molecule has 2 unspecified atom stereocenters. The van der Waals surface area contributed by atoms with E-state index in [9.17, 15) is 4.79 Å². The number of nitrogen functional groups attached to an aromatic ring is 1. The number of carbonyl (C=O) groups excluding carboxylic acids is 1. The van der Waals surface area contributed by atoms with Crippen molar-refractivity contribution in [2.45, 2.75) is 83.6 Å². The summed E-state index contributed by atoms with van der Waals surface area (Å²) in [6.07, 6.45) is 7.86. The van der Waals surface area contributed by atoms with Crippen LogP contribution in [0.4, 0.5) is 11.6 Å². The molecular formula is C33H42Cl2N6O2. The fourth-order valence-electron chi connectivity index (χ4n) is 6.03. The van der Waals surface area contributed by atoms with Gasteiger partial charge in [-0.2, -0.15) is 0 Å². The molecule has 2 fully saturated rings. The van der Waals surface area contributed by atoms with Gasteiger partial charge in [-0.1, -0.05) is 67.4 Å². The predicted octanol–water partition coefficient (Wildman–Crippen LogP) is 6.71. The van der Waals surface area contributed by atoms with Crippen molar-refractivity contribution in [3.8, 4) is 11.3 Å². The van der Waals surface area contributed by atoms with Gasteiger partial charge in [0.2, 0.25) is 0 Å². The average molecular weight is 626 g/mol. The van der Waals surface area contributed by atoms with Crippen LogP contribution in [0.5, 0.6) is 0 Å². The number of nitrogens with one attached hydrogen (secondary N) is 2. The summed E-state index contributed by atoms with van der Waals surface area (Å²) < 4.78 is 5.84. The first kappa shape index (κ1) is 31.5. The van der Waals surface area contributed by atoms with Crippen molar-refractivity contribution in [1.82, 2.24) is 20.2 Å². The third kappa shape index (κ3) is 8.38. The Morgan fingerprint density at radius 3 is 2.53 bits per heavy atom. The van der Waals surface area contributed by atoms with Gasteiger partial charge >= 0.3 is 5.97 Å². The highest BCUT2D eigenvalue weighted by Crippen LogP contribution is 2.28. The van der Waals surface area contributed by atoms with Crippen LogP contribution in [0.1, 0.15) is 63.5 Å². The van der Waals surface area contributed by atoms with Crippen LogP contribution in [0.3, 0.4) is 0 Å². The molecule has 2 heterocycles. The summed E-state index contributed by atoms with van der Waals surface area (Å²) in [6.45, 7) is 7.46. The van der Waals surface area contributed by atoms with E-state index in [-0.39, 0.29) is 18.1 Å². The van der Waals surface area contributed by atoms with Gasteiger partial charge in [-0.15, -0.1) is 0 Å². The number of hydrogen-bond acceptors (Lipinski definition) is 8. The van der Waals surface area contributed by atoms with Crippen molar-refractivity contribution in [2.24, 2.45) is 5.92 Å². The Labute approximate surface area is 264 Å². The fourth-order valence-corrected chi connectivity index (χ4v) is 6.56. The molecule has 230 valence electrons. The number of anilines is 2. The van der Waals surface area contributed by atoms with Crippen molar-refractivity contribution in [2.75, 3.05) is 24.1 Å². The second kappa shape index (κ2) is 14.7. The highest BCUT2D eigenvalue weighted by molar-refractivity contribution is 6.36. The Morgan fingerprint density at radius 1 is 1.12 bits per heavy atom. The van der Waals surface area contributed by atoms with Crippen LogP contribution >= 0.6 is 23.2 Å². The number of rotatable bonds is 11. The van der Waals surface area contributed by atoms with Crippen molar-refractivity contribution in [3.05, 3.63) is 69.8 Å². The molecule has 0 radical (unpaired) electrons. The molecule has 1 aliphatic carbocycles. The molecule has 1 saturated carbocycles. The van der Waals surface area contributed by atoms with Crippen LogP contribution in [0.25, 0.3) is 11.3 Å². The number of aromatic nitrogens is 2. The zero-order valence-electron chi connectivity index (χ0n) is 25.0. The SMILES string of the molecule is CC(C)CN(Cc1ccc(-c2cnc(N)c(NCc3c(Cl)cccc3Cl)n2)cc1)C1CCNC(C(=O)OC2CCCC2)C1. The number of halogens is 2. The van der Waals surface area contributed by atoms with Gasteiger partial charge in [-0.05, 0) is 68.7 Å². The lowest BCUT2D eigenvalue weighted by atomic mass is 9.96. The summed E-state index contributed by atoms with van der Waals surface area (Å²) in [6, 6.07) is 13.9. The minimum absolute atomic E-state index is 0.0844. The normalized spacial score (nSPS) is 19.2. The molecule has 5 rings (SSSR count). The molecule has 3 aromatic rings. The van der Waals surface area contributed by atoms with E-state index in [2.05, 4.69) is 58.6 Å². The largest absolute Gasteiger partial charge is 0.461 e. The van der Waals surface area contributed by atoms with Gasteiger partial charge in [-0.3, -0.25) is 9.69 Å². The number of nitrogens with two attached hydrogens (primary N) is 1. The maximum atomic E-state index is 12.9. The van der Waals surface area contributed by atoms with E-state index in [1.807, 2.05) is 6.07 Å². The summed E-state index contributed by atoms with van der Waals surface area (Å²) in [5.74, 6) is 1.21. The van der Waals surface area contributed by atoms with Crippen LogP contribution in [0.2, 0.25) is 10.0 Å². The van der Waals surface area contributed by atoms with Gasteiger partial charge in [0.05, 0.1) is 11.9 Å². The van der Waals surface area contributed by atoms with E-state index >= 15 is 0 Å². The Kier molecular flexibility index (Phi) is 10.8. The minimum atomic E-state index is -0.239. The first-order chi connectivity index (χ1) is 20.8. The molecule has 43 heavy (non-hydrogen) atoms. The van der Waals surface area contributed by atoms with Crippen LogP contribution in [-0.2, 0) is 22.6 Å². The van der Waals surface area contributed by atoms with E-state index in [1.165, 1.54) is 5.56 Å². The fraction of sp³-hybridized carbons (Fsp3) is 0.485. The summed E-state index contributed by atoms with van der Waals surface area (Å²) in [5, 5.41) is 7.80. The van der Waals surface area contributed by atoms with Gasteiger partial charge in [0.1, 0.15) is 12.1 Å². The maximum absolute atomic E-state index is 12.9. The molecule has 4 N–H and O–H groups in total. The molecule has 8 nitrogen and oxygen atoms in total. The van der Waals surface area contributed by atoms with Crippen LogP contribution < -0.4 is 16.4 Å². The van der Waals surface area contributed by atoms with Crippen LogP contribution in [0, 0.1) is 5.92 Å². The van der Waals surface area contributed by atoms with E-state index in [1.54, 1.807) is 18.3 Å². The summed E-state index contributed by atoms with van der Waals surface area (Å²) in [5.41, 5.74) is 9.78. The topological polar surface area (TPSA) is 105 Å². The van der Waals surface area contributed by atoms with E-state index in [4.69, 9.17) is 38.7 Å². The first-order valence-electron chi connectivity index (χ1n) is 15.3. The Morgan fingerprint density at radius 2 is 1.84 bits per heavy atom. The van der Waals surface area contributed by atoms with Crippen molar-refractivity contribution in [1.29, 1.82) is 0 Å². The number of hydrogen-bond donors (Lipinski definition) is 3. The van der Waals surface area contributed by atoms with Crippen LogP contribution in [-0.4, -0.2) is 52.1 Å². The third-order valence-corrected chi connectivity index (χ3v) is 9.00. The minimum Gasteiger partial charge on any atom is -0.461 e. The molecule has 10 heteroatoms. The van der Waals surface area contributed by atoms with Gasteiger partial charge in [0.15, 0.2) is 11.6 Å². The molecule has 2 aliphatic rings. The second-order valence-corrected chi connectivity index (χ2v) is 12.9. The van der Waals surface area contributed by atoms with Crippen molar-refractivity contribution >= 4 is 40.8 Å². The lowest BCUT2D eigenvalue weighted by Gasteiger charge is -2.38. The average Bonchev–Trinajstić information content (AvgIpc) is 3.51. The number of carbonyl (C=O) groups is 1. The maximum Gasteiger partial charge on any atom is 0.323 e. The lowest BCUT2D eigenvalue weighted by Crippen LogP contribution is -2.52. The standard InChI is InChI=1S/C33H42Cl2N6O2/c1-21(2)19-41(24-14-15-37-29(16-24)33(42)43-25-6-3-4-7-25)20-22-10-12-23(13-11-22)30-18-38-31(36)32(40-30)39-17-26-27(34)8-5-9-28(26)35/h5,8-13,18,21,24-25,29,37H,3-4,6-7,14-17,19-20H2,1-2H3,(H2,36,38)(H,39,40). The van der Waals surface area contributed by atoms with E-state index in [0.717, 1.165) is 75.0 Å². The zero-order chi connectivity index (χ0) is 30.3. The number of benzene rings is 2. The highest BCUT2D eigenvalue weighted by atomic mass is 35.5. The molecule has 1 aliphatic heterocycles. The van der Waals surface area contributed by atoms with Gasteiger partial charge < -0.3 is 21.1 Å². The van der Waals surface area contributed by atoms with Crippen molar-refractivity contribution in [3.63, 3.8) is 0 Å². The molecular weight excluding hydrogens is 583 g/mol. The molecule has 2 atom stereocenters. The molecule has 0 amide bonds. The first-order valence-corrected chi connectivity index (χ1v) is 16.1. The number of piperidine rings is 1. The van der Waals surface area contributed by atoms with Crippen LogP contribution in [0.15, 0.2) is 48.7 Å². The number of esters is 1. The Balaban J connectivity index is 1.24. The van der Waals surface area contributed by atoms with Gasteiger partial charge in [0.25, 0.3) is 0 Å². The van der Waals surface area contributed by atoms with Crippen molar-refractivity contribution < 1.29 is 9.53 Å². The molecule has 0 bridgehead atoms. The van der Waals surface area contributed by atoms with E-state index in [0.29, 0.717) is 40.2 Å². The lowest BCUT2D eigenvalue weighted by molar-refractivity contribution is -0.152.